The van der Waals surface area contributed by atoms with E-state index in [1.54, 1.807) is 22.2 Å². The van der Waals surface area contributed by atoms with Gasteiger partial charge in [-0.1, -0.05) is 6.42 Å². The summed E-state index contributed by atoms with van der Waals surface area (Å²) in [6, 6.07) is -0.215. The van der Waals surface area contributed by atoms with Gasteiger partial charge in [-0.25, -0.2) is 4.98 Å². The van der Waals surface area contributed by atoms with E-state index >= 15 is 0 Å². The van der Waals surface area contributed by atoms with Crippen molar-refractivity contribution >= 4 is 27.5 Å². The molecular weight excluding hydrogens is 412 g/mol. The highest BCUT2D eigenvalue weighted by atomic mass is 32.1. The van der Waals surface area contributed by atoms with Crippen LogP contribution in [0.5, 0.6) is 0 Å². The van der Waals surface area contributed by atoms with Gasteiger partial charge in [-0.15, -0.1) is 21.5 Å². The Morgan fingerprint density at radius 1 is 1.16 bits per heavy atom. The van der Waals surface area contributed by atoms with Crippen LogP contribution in [-0.4, -0.2) is 30.2 Å². The maximum absolute atomic E-state index is 13.1. The summed E-state index contributed by atoms with van der Waals surface area (Å²) in [5.74, 6) is 1.73. The minimum absolute atomic E-state index is 0.0203. The molecule has 1 atom stereocenters. The van der Waals surface area contributed by atoms with Gasteiger partial charge in [0.05, 0.1) is 17.8 Å². The average molecular weight is 441 g/mol. The van der Waals surface area contributed by atoms with Crippen LogP contribution < -0.4 is 10.9 Å². The van der Waals surface area contributed by atoms with Gasteiger partial charge < -0.3 is 9.88 Å². The van der Waals surface area contributed by atoms with Crippen LogP contribution in [0.1, 0.15) is 73.6 Å². The number of nitrogens with one attached hydrogen (secondary N) is 1. The van der Waals surface area contributed by atoms with Gasteiger partial charge in [0, 0.05) is 30.8 Å². The Kier molecular flexibility index (Phi) is 5.60. The molecular formula is C22H28N6O2S. The van der Waals surface area contributed by atoms with Crippen LogP contribution in [0.25, 0.3) is 10.2 Å². The fourth-order valence-corrected chi connectivity index (χ4v) is 5.99. The lowest BCUT2D eigenvalue weighted by Gasteiger charge is -2.15. The summed E-state index contributed by atoms with van der Waals surface area (Å²) in [7, 11) is 0. The predicted octanol–water partition coefficient (Wildman–Crippen LogP) is 2.92. The number of carbonyl (C=O) groups is 1. The second kappa shape index (κ2) is 8.53. The minimum atomic E-state index is -0.215. The van der Waals surface area contributed by atoms with Gasteiger partial charge >= 0.3 is 0 Å². The van der Waals surface area contributed by atoms with E-state index in [-0.39, 0.29) is 23.9 Å². The lowest BCUT2D eigenvalue weighted by Crippen LogP contribution is -2.31. The van der Waals surface area contributed by atoms with Crippen LogP contribution >= 0.6 is 11.3 Å². The fraction of sp³-hybridized carbons (Fsp3) is 0.591. The Morgan fingerprint density at radius 3 is 2.90 bits per heavy atom. The largest absolute Gasteiger partial charge is 0.346 e. The summed E-state index contributed by atoms with van der Waals surface area (Å²) in [6.07, 6.45) is 10.5. The molecule has 4 heterocycles. The summed E-state index contributed by atoms with van der Waals surface area (Å²) < 4.78 is 3.73. The lowest BCUT2D eigenvalue weighted by atomic mass is 9.97. The summed E-state index contributed by atoms with van der Waals surface area (Å²) in [6.45, 7) is 3.17. The highest BCUT2D eigenvalue weighted by molar-refractivity contribution is 7.18. The van der Waals surface area contributed by atoms with E-state index in [9.17, 15) is 9.59 Å². The van der Waals surface area contributed by atoms with E-state index in [4.69, 9.17) is 0 Å². The molecule has 3 aromatic rings. The number of amides is 1. The molecule has 8 nitrogen and oxygen atoms in total. The molecule has 9 heteroatoms. The van der Waals surface area contributed by atoms with Gasteiger partial charge in [0.1, 0.15) is 10.7 Å². The first-order valence-corrected chi connectivity index (χ1v) is 12.1. The molecule has 1 amide bonds. The number of rotatable bonds is 5. The van der Waals surface area contributed by atoms with Crippen LogP contribution in [0, 0.1) is 0 Å². The number of fused-ring (bicyclic) bond motifs is 4. The lowest BCUT2D eigenvalue weighted by molar-refractivity contribution is -0.122. The van der Waals surface area contributed by atoms with Crippen molar-refractivity contribution in [2.24, 2.45) is 0 Å². The maximum atomic E-state index is 13.1. The molecule has 1 aliphatic heterocycles. The highest BCUT2D eigenvalue weighted by Crippen LogP contribution is 2.33. The van der Waals surface area contributed by atoms with E-state index in [0.717, 1.165) is 66.9 Å². The topological polar surface area (TPSA) is 94.7 Å². The number of aromatic nitrogens is 5. The number of hydrogen-bond acceptors (Lipinski definition) is 6. The smallest absolute Gasteiger partial charge is 0.262 e. The third kappa shape index (κ3) is 3.91. The Balaban J connectivity index is 1.27. The molecule has 0 aromatic carbocycles. The SMILES string of the molecule is C[C@H](NC(=O)CCn1cnc2sc3c(c2c1=O)CCCC3)c1nnc2n1CCCCC2. The first-order valence-electron chi connectivity index (χ1n) is 11.3. The highest BCUT2D eigenvalue weighted by Gasteiger charge is 2.22. The number of aryl methyl sites for hydroxylation is 4. The van der Waals surface area contributed by atoms with E-state index < -0.39 is 0 Å². The van der Waals surface area contributed by atoms with Gasteiger partial charge in [0.2, 0.25) is 5.91 Å². The zero-order valence-corrected chi connectivity index (χ0v) is 18.7. The van der Waals surface area contributed by atoms with E-state index in [2.05, 4.69) is 25.1 Å². The van der Waals surface area contributed by atoms with Crippen molar-refractivity contribution in [2.75, 3.05) is 0 Å². The molecule has 0 unspecified atom stereocenters. The third-order valence-corrected chi connectivity index (χ3v) is 7.62. The van der Waals surface area contributed by atoms with Crippen molar-refractivity contribution in [1.29, 1.82) is 0 Å². The molecule has 31 heavy (non-hydrogen) atoms. The van der Waals surface area contributed by atoms with Crippen LogP contribution in [0.3, 0.4) is 0 Å². The van der Waals surface area contributed by atoms with Gasteiger partial charge in [0.25, 0.3) is 5.56 Å². The Bertz CT molecular complexity index is 1180. The van der Waals surface area contributed by atoms with Gasteiger partial charge in [-0.05, 0) is 51.0 Å². The Hall–Kier alpha value is -2.55. The van der Waals surface area contributed by atoms with Gasteiger partial charge in [-0.2, -0.15) is 0 Å². The number of nitrogens with zero attached hydrogens (tertiary/aromatic N) is 5. The molecule has 0 saturated heterocycles. The average Bonchev–Trinajstić information content (AvgIpc) is 3.27. The zero-order chi connectivity index (χ0) is 21.4. The molecule has 1 aliphatic carbocycles. The van der Waals surface area contributed by atoms with Crippen molar-refractivity contribution in [3.63, 3.8) is 0 Å². The van der Waals surface area contributed by atoms with Crippen LogP contribution in [0.4, 0.5) is 0 Å². The van der Waals surface area contributed by atoms with Crippen LogP contribution in [0.15, 0.2) is 11.1 Å². The van der Waals surface area contributed by atoms with Crippen LogP contribution in [0.2, 0.25) is 0 Å². The van der Waals surface area contributed by atoms with Crippen molar-refractivity contribution < 1.29 is 4.79 Å². The third-order valence-electron chi connectivity index (χ3n) is 6.42. The van der Waals surface area contributed by atoms with Gasteiger partial charge in [-0.3, -0.25) is 14.2 Å². The van der Waals surface area contributed by atoms with Crippen molar-refractivity contribution in [3.8, 4) is 0 Å². The summed E-state index contributed by atoms with van der Waals surface area (Å²) in [5.41, 5.74) is 1.16. The fourth-order valence-electron chi connectivity index (χ4n) is 4.77. The number of thiophene rings is 1. The predicted molar refractivity (Wildman–Crippen MR) is 119 cm³/mol. The monoisotopic (exact) mass is 440 g/mol. The van der Waals surface area contributed by atoms with Crippen LogP contribution in [-0.2, 0) is 37.1 Å². The van der Waals surface area contributed by atoms with E-state index in [1.807, 2.05) is 6.92 Å². The minimum Gasteiger partial charge on any atom is -0.346 e. The molecule has 0 bridgehead atoms. The molecule has 0 radical (unpaired) electrons. The second-order valence-electron chi connectivity index (χ2n) is 8.61. The van der Waals surface area contributed by atoms with E-state index in [1.165, 1.54) is 23.3 Å². The molecule has 1 N–H and O–H groups in total. The van der Waals surface area contributed by atoms with E-state index in [0.29, 0.717) is 6.54 Å². The van der Waals surface area contributed by atoms with Gasteiger partial charge in [0.15, 0.2) is 5.82 Å². The summed E-state index contributed by atoms with van der Waals surface area (Å²) in [4.78, 5) is 32.3. The Labute approximate surface area is 184 Å². The summed E-state index contributed by atoms with van der Waals surface area (Å²) >= 11 is 1.65. The normalized spacial score (nSPS) is 17.1. The Morgan fingerprint density at radius 2 is 2.00 bits per heavy atom. The van der Waals surface area contributed by atoms with Crippen molar-refractivity contribution in [1.82, 2.24) is 29.6 Å². The molecule has 2 aliphatic rings. The molecule has 164 valence electrons. The first kappa shape index (κ1) is 20.4. The summed E-state index contributed by atoms with van der Waals surface area (Å²) in [5, 5.41) is 12.4. The van der Waals surface area contributed by atoms with Crippen molar-refractivity contribution in [2.45, 2.75) is 83.8 Å². The number of carbonyl (C=O) groups excluding carboxylic acids is 1. The molecule has 0 spiro atoms. The molecule has 0 fully saturated rings. The quantitative estimate of drug-likeness (QED) is 0.658. The number of hydrogen-bond donors (Lipinski definition) is 1. The standard InChI is InChI=1S/C22H28N6O2S/c1-14(20-26-25-17-9-3-2-6-11-28(17)20)24-18(29)10-12-27-13-23-21-19(22(27)30)15-7-4-5-8-16(15)31-21/h13-14H,2-12H2,1H3,(H,24,29)/t14-/m0/s1. The molecule has 3 aromatic heterocycles. The molecule has 5 rings (SSSR count). The maximum Gasteiger partial charge on any atom is 0.262 e. The van der Waals surface area contributed by atoms with Crippen molar-refractivity contribution in [3.05, 3.63) is 38.8 Å². The molecule has 0 saturated carbocycles. The zero-order valence-electron chi connectivity index (χ0n) is 17.9. The first-order chi connectivity index (χ1) is 15.1. The second-order valence-corrected chi connectivity index (χ2v) is 9.69.